The van der Waals surface area contributed by atoms with Crippen LogP contribution in [0.15, 0.2) is 23.7 Å². The van der Waals surface area contributed by atoms with E-state index in [2.05, 4.69) is 59.9 Å². The molecule has 0 N–H and O–H groups in total. The van der Waals surface area contributed by atoms with Gasteiger partial charge in [0.05, 0.1) is 0 Å². The van der Waals surface area contributed by atoms with Crippen molar-refractivity contribution in [2.75, 3.05) is 0 Å². The highest BCUT2D eigenvalue weighted by atomic mass is 28.4. The molecule has 0 aromatic carbocycles. The van der Waals surface area contributed by atoms with Crippen molar-refractivity contribution in [1.29, 1.82) is 0 Å². The van der Waals surface area contributed by atoms with Crippen molar-refractivity contribution in [2.45, 2.75) is 78.1 Å². The van der Waals surface area contributed by atoms with E-state index >= 15 is 0 Å². The first kappa shape index (κ1) is 16.4. The van der Waals surface area contributed by atoms with Crippen LogP contribution in [0.5, 0.6) is 0 Å². The van der Waals surface area contributed by atoms with Crippen LogP contribution in [-0.2, 0) is 9.16 Å². The molecule has 0 radical (unpaired) electrons. The molecule has 0 bridgehead atoms. The minimum absolute atomic E-state index is 0.184. The zero-order chi connectivity index (χ0) is 14.7. The zero-order valence-corrected chi connectivity index (χ0v) is 14.7. The van der Waals surface area contributed by atoms with Crippen LogP contribution in [-0.4, -0.2) is 14.4 Å². The van der Waals surface area contributed by atoms with E-state index in [9.17, 15) is 0 Å². The van der Waals surface area contributed by atoms with Crippen LogP contribution in [0.3, 0.4) is 0 Å². The summed E-state index contributed by atoms with van der Waals surface area (Å²) >= 11 is 0. The van der Waals surface area contributed by atoms with E-state index in [1.54, 1.807) is 0 Å². The van der Waals surface area contributed by atoms with Crippen molar-refractivity contribution in [3.05, 3.63) is 23.7 Å². The Morgan fingerprint density at radius 2 is 2.00 bits per heavy atom. The molecule has 1 aliphatic heterocycles. The summed E-state index contributed by atoms with van der Waals surface area (Å²) in [4.78, 5) is 0. The van der Waals surface area contributed by atoms with E-state index in [1.807, 2.05) is 0 Å². The molecule has 3 heteroatoms. The third kappa shape index (κ3) is 4.41. The molecule has 0 spiro atoms. The lowest BCUT2D eigenvalue weighted by Gasteiger charge is -2.39. The van der Waals surface area contributed by atoms with Crippen LogP contribution in [0.25, 0.3) is 0 Å². The molecule has 0 amide bonds. The van der Waals surface area contributed by atoms with E-state index in [1.165, 1.54) is 5.57 Å². The molecule has 0 aliphatic carbocycles. The lowest BCUT2D eigenvalue weighted by molar-refractivity contribution is 0.0399. The van der Waals surface area contributed by atoms with Gasteiger partial charge in [-0.3, -0.25) is 0 Å². The fourth-order valence-corrected chi connectivity index (χ4v) is 2.67. The van der Waals surface area contributed by atoms with Gasteiger partial charge in [-0.1, -0.05) is 33.8 Å². The highest BCUT2D eigenvalue weighted by Crippen LogP contribution is 2.39. The first-order valence-electron chi connectivity index (χ1n) is 7.39. The predicted octanol–water partition coefficient (Wildman–Crippen LogP) is 5.38. The summed E-state index contributed by atoms with van der Waals surface area (Å²) in [5, 5.41) is 0.204. The second-order valence-electron chi connectivity index (χ2n) is 6.96. The second-order valence-corrected chi connectivity index (χ2v) is 11.7. The van der Waals surface area contributed by atoms with Gasteiger partial charge in [0.25, 0.3) is 14.3 Å². The Morgan fingerprint density at radius 1 is 1.37 bits per heavy atom. The van der Waals surface area contributed by atoms with E-state index in [0.717, 1.165) is 25.2 Å². The predicted molar refractivity (Wildman–Crippen MR) is 84.5 cm³/mol. The Kier molecular flexibility index (Phi) is 5.31. The Balaban J connectivity index is 2.79. The molecule has 0 aromatic heterocycles. The van der Waals surface area contributed by atoms with Crippen molar-refractivity contribution in [1.82, 2.24) is 0 Å². The number of hydrogen-bond acceptors (Lipinski definition) is 2. The molecule has 0 fully saturated rings. The average Bonchev–Trinajstić information content (AvgIpc) is 2.28. The zero-order valence-electron chi connectivity index (χ0n) is 13.7. The molecule has 1 atom stereocenters. The van der Waals surface area contributed by atoms with Gasteiger partial charge in [-0.25, -0.2) is 0 Å². The Labute approximate surface area is 120 Å². The van der Waals surface area contributed by atoms with Gasteiger partial charge in [0, 0.05) is 5.57 Å². The molecule has 0 saturated carbocycles. The van der Waals surface area contributed by atoms with E-state index in [-0.39, 0.29) is 11.1 Å². The lowest BCUT2D eigenvalue weighted by Crippen LogP contribution is -2.41. The normalized spacial score (nSPS) is 21.7. The summed E-state index contributed by atoms with van der Waals surface area (Å²) in [5.74, 6) is 0.795. The van der Waals surface area contributed by atoms with Gasteiger partial charge in [-0.2, -0.15) is 0 Å². The molecular formula is C16H30O2Si. The van der Waals surface area contributed by atoms with Crippen LogP contribution in [0, 0.1) is 0 Å². The van der Waals surface area contributed by atoms with Gasteiger partial charge in [0.15, 0.2) is 0 Å². The number of allylic oxidation sites excluding steroid dienone is 2. The number of rotatable bonds is 4. The summed E-state index contributed by atoms with van der Waals surface area (Å²) in [7, 11) is -1.80. The highest BCUT2D eigenvalue weighted by Gasteiger charge is 2.40. The quantitative estimate of drug-likeness (QED) is 0.509. The van der Waals surface area contributed by atoms with E-state index in [4.69, 9.17) is 9.16 Å². The molecular weight excluding hydrogens is 252 g/mol. The van der Waals surface area contributed by atoms with Gasteiger partial charge in [-0.05, 0) is 50.4 Å². The molecule has 2 nitrogen and oxygen atoms in total. The maximum Gasteiger partial charge on any atom is 0.264 e. The first-order chi connectivity index (χ1) is 8.67. The molecule has 0 saturated heterocycles. The fraction of sp³-hybridized carbons (Fsp3) is 0.750. The number of ether oxygens (including phenoxy) is 1. The van der Waals surface area contributed by atoms with Crippen molar-refractivity contribution in [2.24, 2.45) is 0 Å². The molecule has 1 rings (SSSR count). The Hall–Kier alpha value is -0.703. The monoisotopic (exact) mass is 282 g/mol. The van der Waals surface area contributed by atoms with Crippen molar-refractivity contribution < 1.29 is 9.16 Å². The first-order valence-corrected chi connectivity index (χ1v) is 10.3. The van der Waals surface area contributed by atoms with Crippen LogP contribution < -0.4 is 0 Å². The van der Waals surface area contributed by atoms with Crippen molar-refractivity contribution in [3.63, 3.8) is 0 Å². The topological polar surface area (TPSA) is 18.5 Å². The fourth-order valence-electron chi connectivity index (χ4n) is 1.68. The molecule has 1 aliphatic rings. The Bertz CT molecular complexity index is 361. The second kappa shape index (κ2) is 6.17. The van der Waals surface area contributed by atoms with Crippen molar-refractivity contribution in [3.8, 4) is 0 Å². The third-order valence-corrected chi connectivity index (χ3v) is 8.46. The van der Waals surface area contributed by atoms with Crippen molar-refractivity contribution >= 4 is 8.32 Å². The largest absolute Gasteiger partial charge is 0.519 e. The minimum Gasteiger partial charge on any atom is -0.519 e. The molecule has 0 unspecified atom stereocenters. The highest BCUT2D eigenvalue weighted by molar-refractivity contribution is 6.74. The smallest absolute Gasteiger partial charge is 0.264 e. The minimum atomic E-state index is -1.80. The summed E-state index contributed by atoms with van der Waals surface area (Å²) in [6.07, 6.45) is 7.72. The van der Waals surface area contributed by atoms with Gasteiger partial charge in [0.1, 0.15) is 6.10 Å². The average molecular weight is 282 g/mol. The summed E-state index contributed by atoms with van der Waals surface area (Å²) in [6, 6.07) is 0. The molecule has 1 heterocycles. The SMILES string of the molecule is CC/C=C/[C@H]1CCC(C)=C(O[Si](C)(C)C(C)(C)C)O1. The maximum atomic E-state index is 6.33. The van der Waals surface area contributed by atoms with Gasteiger partial charge in [-0.15, -0.1) is 0 Å². The molecule has 0 aromatic rings. The standard InChI is InChI=1S/C16H30O2Si/c1-8-9-10-14-12-11-13(2)15(17-14)18-19(6,7)16(3,4)5/h9-10,14H,8,11-12H2,1-7H3/b10-9+/t14-/m0/s1. The van der Waals surface area contributed by atoms with E-state index in [0.29, 0.717) is 0 Å². The van der Waals surface area contributed by atoms with Crippen LogP contribution in [0.4, 0.5) is 0 Å². The third-order valence-electron chi connectivity index (χ3n) is 4.15. The van der Waals surface area contributed by atoms with Crippen LogP contribution in [0.1, 0.15) is 53.9 Å². The maximum absolute atomic E-state index is 6.33. The number of hydrogen-bond donors (Lipinski definition) is 0. The van der Waals surface area contributed by atoms with Crippen LogP contribution in [0.2, 0.25) is 18.1 Å². The summed E-state index contributed by atoms with van der Waals surface area (Å²) < 4.78 is 12.4. The summed E-state index contributed by atoms with van der Waals surface area (Å²) in [6.45, 7) is 15.6. The van der Waals surface area contributed by atoms with Gasteiger partial charge in [0.2, 0.25) is 0 Å². The van der Waals surface area contributed by atoms with E-state index < -0.39 is 8.32 Å². The molecule has 110 valence electrons. The summed E-state index contributed by atoms with van der Waals surface area (Å²) in [5.41, 5.74) is 1.26. The van der Waals surface area contributed by atoms with Gasteiger partial charge >= 0.3 is 0 Å². The lowest BCUT2D eigenvalue weighted by atomic mass is 10.1. The van der Waals surface area contributed by atoms with Crippen LogP contribution >= 0.6 is 0 Å². The Morgan fingerprint density at radius 3 is 2.53 bits per heavy atom. The molecule has 19 heavy (non-hydrogen) atoms. The van der Waals surface area contributed by atoms with Gasteiger partial charge < -0.3 is 9.16 Å².